The third-order valence-electron chi connectivity index (χ3n) is 3.26. The third-order valence-corrected chi connectivity index (χ3v) is 3.26. The zero-order valence-electron chi connectivity index (χ0n) is 11.1. The van der Waals surface area contributed by atoms with Crippen molar-refractivity contribution >= 4 is 10.9 Å². The monoisotopic (exact) mass is 273 g/mol. The molecule has 3 heterocycles. The molecule has 1 aromatic carbocycles. The number of aromatic amines is 1. The minimum atomic E-state index is 0.641. The molecule has 5 nitrogen and oxygen atoms in total. The second kappa shape index (κ2) is 4.79. The van der Waals surface area contributed by atoms with E-state index in [4.69, 9.17) is 0 Å². The molecule has 1 N–H and O–H groups in total. The number of para-hydroxylation sites is 1. The fraction of sp³-hybridized carbons (Fsp3) is 0. The number of nitrogens with zero attached hydrogens (tertiary/aromatic N) is 4. The number of hydrogen-bond acceptors (Lipinski definition) is 4. The van der Waals surface area contributed by atoms with Gasteiger partial charge >= 0.3 is 0 Å². The number of nitrogens with one attached hydrogen (secondary N) is 1. The summed E-state index contributed by atoms with van der Waals surface area (Å²) in [5, 5.41) is 8.29. The number of rotatable bonds is 2. The summed E-state index contributed by atoms with van der Waals surface area (Å²) < 4.78 is 0. The van der Waals surface area contributed by atoms with E-state index >= 15 is 0 Å². The van der Waals surface area contributed by atoms with Crippen molar-refractivity contribution < 1.29 is 0 Å². The molecule has 4 rings (SSSR count). The summed E-state index contributed by atoms with van der Waals surface area (Å²) in [7, 11) is 0. The first kappa shape index (κ1) is 11.7. The maximum absolute atomic E-state index is 4.61. The predicted octanol–water partition coefficient (Wildman–Crippen LogP) is 3.08. The van der Waals surface area contributed by atoms with Crippen LogP contribution in [0, 0.1) is 0 Å². The molecule has 0 saturated carbocycles. The van der Waals surface area contributed by atoms with Crippen molar-refractivity contribution in [2.45, 2.75) is 0 Å². The average molecular weight is 273 g/mol. The smallest absolute Gasteiger partial charge is 0.181 e. The van der Waals surface area contributed by atoms with Gasteiger partial charge in [0.25, 0.3) is 0 Å². The standard InChI is InChI=1S/C16H11N5/c1-2-4-13-11(3-1)5-6-14(18-13)16-19-15(20-21-16)12-7-9-17-10-8-12/h1-10H,(H,19,20,21). The summed E-state index contributed by atoms with van der Waals surface area (Å²) in [5.41, 5.74) is 2.65. The Hall–Kier alpha value is -3.08. The van der Waals surface area contributed by atoms with E-state index in [-0.39, 0.29) is 0 Å². The largest absolute Gasteiger partial charge is 0.265 e. The van der Waals surface area contributed by atoms with Gasteiger partial charge in [0.1, 0.15) is 5.69 Å². The topological polar surface area (TPSA) is 67.3 Å². The molecular formula is C16H11N5. The van der Waals surface area contributed by atoms with Crippen LogP contribution in [0.2, 0.25) is 0 Å². The van der Waals surface area contributed by atoms with Crippen LogP contribution in [0.1, 0.15) is 0 Å². The Kier molecular flexibility index (Phi) is 2.67. The molecule has 4 aromatic rings. The summed E-state index contributed by atoms with van der Waals surface area (Å²) >= 11 is 0. The number of fused-ring (bicyclic) bond motifs is 1. The normalized spacial score (nSPS) is 10.9. The summed E-state index contributed by atoms with van der Waals surface area (Å²) in [6.45, 7) is 0. The van der Waals surface area contributed by atoms with Crippen LogP contribution in [0.5, 0.6) is 0 Å². The lowest BCUT2D eigenvalue weighted by molar-refractivity contribution is 1.09. The first-order valence-electron chi connectivity index (χ1n) is 6.59. The molecule has 0 saturated heterocycles. The highest BCUT2D eigenvalue weighted by Gasteiger charge is 2.09. The fourth-order valence-corrected chi connectivity index (χ4v) is 2.20. The van der Waals surface area contributed by atoms with E-state index < -0.39 is 0 Å². The Labute approximate surface area is 120 Å². The minimum absolute atomic E-state index is 0.641. The van der Waals surface area contributed by atoms with Crippen LogP contribution in [-0.2, 0) is 0 Å². The van der Waals surface area contributed by atoms with Crippen LogP contribution in [-0.4, -0.2) is 25.1 Å². The van der Waals surface area contributed by atoms with E-state index in [2.05, 4.69) is 25.1 Å². The second-order valence-electron chi connectivity index (χ2n) is 4.63. The van der Waals surface area contributed by atoms with E-state index in [1.807, 2.05) is 48.5 Å². The molecule has 5 heteroatoms. The number of H-pyrrole nitrogens is 1. The van der Waals surface area contributed by atoms with E-state index in [0.29, 0.717) is 11.6 Å². The van der Waals surface area contributed by atoms with Gasteiger partial charge in [0.05, 0.1) is 5.52 Å². The van der Waals surface area contributed by atoms with Crippen LogP contribution in [0.25, 0.3) is 33.8 Å². The molecule has 100 valence electrons. The number of pyridine rings is 2. The molecule has 0 radical (unpaired) electrons. The molecule has 0 unspecified atom stereocenters. The Morgan fingerprint density at radius 3 is 2.57 bits per heavy atom. The lowest BCUT2D eigenvalue weighted by atomic mass is 10.2. The van der Waals surface area contributed by atoms with Crippen LogP contribution >= 0.6 is 0 Å². The Bertz CT molecular complexity index is 899. The van der Waals surface area contributed by atoms with Gasteiger partial charge in [-0.2, -0.15) is 5.10 Å². The molecule has 0 aliphatic carbocycles. The molecule has 0 bridgehead atoms. The minimum Gasteiger partial charge on any atom is -0.265 e. The molecular weight excluding hydrogens is 262 g/mol. The van der Waals surface area contributed by atoms with Gasteiger partial charge in [-0.05, 0) is 24.3 Å². The lowest BCUT2D eigenvalue weighted by Gasteiger charge is -1.99. The van der Waals surface area contributed by atoms with Crippen molar-refractivity contribution in [3.63, 3.8) is 0 Å². The Balaban J connectivity index is 1.77. The van der Waals surface area contributed by atoms with Gasteiger partial charge in [-0.25, -0.2) is 9.97 Å². The maximum atomic E-state index is 4.61. The van der Waals surface area contributed by atoms with Crippen molar-refractivity contribution in [2.24, 2.45) is 0 Å². The summed E-state index contributed by atoms with van der Waals surface area (Å²) in [4.78, 5) is 13.1. The Morgan fingerprint density at radius 2 is 1.67 bits per heavy atom. The van der Waals surface area contributed by atoms with Crippen molar-refractivity contribution in [1.29, 1.82) is 0 Å². The van der Waals surface area contributed by atoms with Gasteiger partial charge in [-0.15, -0.1) is 0 Å². The first-order chi connectivity index (χ1) is 10.4. The van der Waals surface area contributed by atoms with Crippen LogP contribution in [0.15, 0.2) is 60.9 Å². The van der Waals surface area contributed by atoms with Crippen molar-refractivity contribution in [2.75, 3.05) is 0 Å². The number of benzene rings is 1. The molecule has 0 fully saturated rings. The van der Waals surface area contributed by atoms with E-state index in [1.165, 1.54) is 0 Å². The molecule has 3 aromatic heterocycles. The van der Waals surface area contributed by atoms with Crippen molar-refractivity contribution in [1.82, 2.24) is 25.1 Å². The van der Waals surface area contributed by atoms with Gasteiger partial charge < -0.3 is 0 Å². The zero-order chi connectivity index (χ0) is 14.1. The molecule has 0 aliphatic rings. The van der Waals surface area contributed by atoms with Crippen molar-refractivity contribution in [3.8, 4) is 22.9 Å². The number of aromatic nitrogens is 5. The Morgan fingerprint density at radius 1 is 0.810 bits per heavy atom. The molecule has 0 atom stereocenters. The van der Waals surface area contributed by atoms with E-state index in [0.717, 1.165) is 22.2 Å². The SMILES string of the molecule is c1ccc2nc(-c3nc(-c4ccncc4)n[nH]3)ccc2c1. The first-order valence-corrected chi connectivity index (χ1v) is 6.59. The average Bonchev–Trinajstić information content (AvgIpc) is 3.05. The predicted molar refractivity (Wildman–Crippen MR) is 80.4 cm³/mol. The second-order valence-corrected chi connectivity index (χ2v) is 4.63. The molecule has 0 spiro atoms. The fourth-order valence-electron chi connectivity index (χ4n) is 2.20. The quantitative estimate of drug-likeness (QED) is 0.609. The summed E-state index contributed by atoms with van der Waals surface area (Å²) in [5.74, 6) is 1.30. The van der Waals surface area contributed by atoms with Gasteiger partial charge in [-0.1, -0.05) is 24.3 Å². The number of hydrogen-bond donors (Lipinski definition) is 1. The summed E-state index contributed by atoms with van der Waals surface area (Å²) in [6.07, 6.45) is 3.44. The summed E-state index contributed by atoms with van der Waals surface area (Å²) in [6, 6.07) is 15.7. The highest BCUT2D eigenvalue weighted by atomic mass is 15.2. The lowest BCUT2D eigenvalue weighted by Crippen LogP contribution is -1.87. The highest BCUT2D eigenvalue weighted by Crippen LogP contribution is 2.20. The van der Waals surface area contributed by atoms with Crippen LogP contribution in [0.4, 0.5) is 0 Å². The third kappa shape index (κ3) is 2.14. The van der Waals surface area contributed by atoms with E-state index in [1.54, 1.807) is 12.4 Å². The zero-order valence-corrected chi connectivity index (χ0v) is 11.1. The van der Waals surface area contributed by atoms with Crippen LogP contribution < -0.4 is 0 Å². The molecule has 0 aliphatic heterocycles. The van der Waals surface area contributed by atoms with Gasteiger partial charge in [-0.3, -0.25) is 10.1 Å². The van der Waals surface area contributed by atoms with Crippen molar-refractivity contribution in [3.05, 3.63) is 60.9 Å². The highest BCUT2D eigenvalue weighted by molar-refractivity contribution is 5.80. The van der Waals surface area contributed by atoms with E-state index in [9.17, 15) is 0 Å². The maximum Gasteiger partial charge on any atom is 0.181 e. The van der Waals surface area contributed by atoms with Gasteiger partial charge in [0.2, 0.25) is 0 Å². The van der Waals surface area contributed by atoms with Gasteiger partial charge in [0, 0.05) is 23.3 Å². The molecule has 0 amide bonds. The van der Waals surface area contributed by atoms with Gasteiger partial charge in [0.15, 0.2) is 11.6 Å². The van der Waals surface area contributed by atoms with Crippen LogP contribution in [0.3, 0.4) is 0 Å². The molecule has 21 heavy (non-hydrogen) atoms.